The molecule has 2 aromatic rings. The average molecular weight is 407 g/mol. The first kappa shape index (κ1) is 19.5. The Morgan fingerprint density at radius 1 is 1.13 bits per heavy atom. The van der Waals surface area contributed by atoms with Crippen molar-refractivity contribution in [2.24, 2.45) is 0 Å². The minimum Gasteiger partial charge on any atom is -0.495 e. The van der Waals surface area contributed by atoms with Crippen LogP contribution in [0.25, 0.3) is 0 Å². The second kappa shape index (κ2) is 7.55. The van der Waals surface area contributed by atoms with Gasteiger partial charge in [0.25, 0.3) is 11.8 Å². The predicted octanol–water partition coefficient (Wildman–Crippen LogP) is 2.09. The Labute approximate surface area is 173 Å². The minimum atomic E-state index is -0.997. The van der Waals surface area contributed by atoms with E-state index in [1.54, 1.807) is 37.3 Å². The van der Waals surface area contributed by atoms with Crippen molar-refractivity contribution in [2.45, 2.75) is 19.9 Å². The Kier molecular flexibility index (Phi) is 4.91. The summed E-state index contributed by atoms with van der Waals surface area (Å²) >= 11 is 0. The van der Waals surface area contributed by atoms with Crippen LogP contribution in [0.3, 0.4) is 0 Å². The number of methoxy groups -OCH3 is 1. The van der Waals surface area contributed by atoms with Gasteiger partial charge in [0.1, 0.15) is 5.75 Å². The summed E-state index contributed by atoms with van der Waals surface area (Å²) in [4.78, 5) is 40.4. The number of hydrazine groups is 1. The molecule has 0 spiro atoms. The fourth-order valence-corrected chi connectivity index (χ4v) is 3.70. The van der Waals surface area contributed by atoms with E-state index in [2.05, 4.69) is 5.43 Å². The van der Waals surface area contributed by atoms with Gasteiger partial charge in [-0.3, -0.25) is 20.0 Å². The van der Waals surface area contributed by atoms with Gasteiger partial charge in [-0.2, -0.15) is 0 Å². The molecular weight excluding hydrogens is 386 g/mol. The van der Waals surface area contributed by atoms with Crippen LogP contribution in [0.2, 0.25) is 0 Å². The monoisotopic (exact) mass is 407 g/mol. The van der Waals surface area contributed by atoms with Crippen LogP contribution in [-0.4, -0.2) is 37.5 Å². The molecule has 2 aliphatic heterocycles. The molecule has 2 aromatic carbocycles. The van der Waals surface area contributed by atoms with Gasteiger partial charge in [-0.05, 0) is 43.7 Å². The topological polar surface area (TPSA) is 88.2 Å². The number of para-hydroxylation sites is 2. The first-order chi connectivity index (χ1) is 14.5. The van der Waals surface area contributed by atoms with Gasteiger partial charge >= 0.3 is 5.97 Å². The Bertz CT molecular complexity index is 1080. The minimum absolute atomic E-state index is 0.0286. The highest BCUT2D eigenvalue weighted by Crippen LogP contribution is 2.39. The summed E-state index contributed by atoms with van der Waals surface area (Å²) in [5.41, 5.74) is 4.90. The van der Waals surface area contributed by atoms with Gasteiger partial charge in [0.2, 0.25) is 0 Å². The molecule has 2 aliphatic rings. The van der Waals surface area contributed by atoms with Crippen LogP contribution in [0.1, 0.15) is 12.5 Å². The van der Waals surface area contributed by atoms with Crippen molar-refractivity contribution in [3.63, 3.8) is 0 Å². The summed E-state index contributed by atoms with van der Waals surface area (Å²) in [5, 5.41) is 1.53. The number of imide groups is 1. The number of rotatable bonds is 5. The molecule has 8 nitrogen and oxygen atoms in total. The van der Waals surface area contributed by atoms with Gasteiger partial charge in [0, 0.05) is 0 Å². The third-order valence-corrected chi connectivity index (χ3v) is 5.01. The van der Waals surface area contributed by atoms with Gasteiger partial charge < -0.3 is 9.47 Å². The van der Waals surface area contributed by atoms with E-state index in [1.807, 2.05) is 25.1 Å². The number of aryl methyl sites for hydroxylation is 1. The Morgan fingerprint density at radius 2 is 1.90 bits per heavy atom. The number of carbonyl (C=O) groups excluding carboxylic acids is 3. The summed E-state index contributed by atoms with van der Waals surface area (Å²) < 4.78 is 10.5. The SMILES string of the molecule is CCOC(=O)C1=C2C(=O)N(c3ccccc3OC)C(=O)[C@@H]2N(c2cccc(C)c2)N1. The maximum atomic E-state index is 13.4. The average Bonchev–Trinajstić information content (AvgIpc) is 3.25. The Hall–Kier alpha value is -3.81. The second-order valence-corrected chi connectivity index (χ2v) is 6.88. The highest BCUT2D eigenvalue weighted by molar-refractivity contribution is 6.34. The van der Waals surface area contributed by atoms with E-state index in [9.17, 15) is 14.4 Å². The molecular formula is C22H21N3O5. The smallest absolute Gasteiger partial charge is 0.356 e. The van der Waals surface area contributed by atoms with E-state index < -0.39 is 23.8 Å². The lowest BCUT2D eigenvalue weighted by Crippen LogP contribution is -2.46. The summed E-state index contributed by atoms with van der Waals surface area (Å²) in [6, 6.07) is 13.2. The number of esters is 1. The van der Waals surface area contributed by atoms with Gasteiger partial charge in [0.15, 0.2) is 11.7 Å². The second-order valence-electron chi connectivity index (χ2n) is 6.88. The number of fused-ring (bicyclic) bond motifs is 1. The molecule has 4 rings (SSSR count). The largest absolute Gasteiger partial charge is 0.495 e. The van der Waals surface area contributed by atoms with Crippen molar-refractivity contribution < 1.29 is 23.9 Å². The predicted molar refractivity (Wildman–Crippen MR) is 110 cm³/mol. The highest BCUT2D eigenvalue weighted by atomic mass is 16.5. The molecule has 2 heterocycles. The van der Waals surface area contributed by atoms with Crippen LogP contribution < -0.4 is 20.1 Å². The van der Waals surface area contributed by atoms with E-state index in [4.69, 9.17) is 9.47 Å². The van der Waals surface area contributed by atoms with E-state index in [1.165, 1.54) is 12.1 Å². The van der Waals surface area contributed by atoms with Crippen molar-refractivity contribution in [2.75, 3.05) is 23.6 Å². The molecule has 0 bridgehead atoms. The van der Waals surface area contributed by atoms with Crippen molar-refractivity contribution >= 4 is 29.2 Å². The first-order valence-corrected chi connectivity index (χ1v) is 9.53. The molecule has 0 unspecified atom stereocenters. The van der Waals surface area contributed by atoms with Gasteiger partial charge in [-0.15, -0.1) is 0 Å². The van der Waals surface area contributed by atoms with Crippen LogP contribution in [-0.2, 0) is 19.1 Å². The number of hydrogen-bond donors (Lipinski definition) is 1. The highest BCUT2D eigenvalue weighted by Gasteiger charge is 2.55. The van der Waals surface area contributed by atoms with Crippen molar-refractivity contribution in [1.82, 2.24) is 5.43 Å². The fraction of sp³-hybridized carbons (Fsp3) is 0.227. The molecule has 0 saturated carbocycles. The van der Waals surface area contributed by atoms with Crippen LogP contribution >= 0.6 is 0 Å². The number of ether oxygens (including phenoxy) is 2. The molecule has 1 fully saturated rings. The molecule has 2 amide bonds. The van der Waals surface area contributed by atoms with Crippen LogP contribution in [0.4, 0.5) is 11.4 Å². The van der Waals surface area contributed by atoms with Crippen molar-refractivity contribution in [3.8, 4) is 5.75 Å². The summed E-state index contributed by atoms with van der Waals surface area (Å²) in [6.45, 7) is 3.74. The molecule has 154 valence electrons. The molecule has 1 atom stereocenters. The molecule has 8 heteroatoms. The maximum absolute atomic E-state index is 13.4. The first-order valence-electron chi connectivity index (χ1n) is 9.53. The number of anilines is 2. The van der Waals surface area contributed by atoms with E-state index in [0.29, 0.717) is 17.1 Å². The zero-order chi connectivity index (χ0) is 21.4. The number of benzene rings is 2. The standard InChI is InChI=1S/C22H21N3O5/c1-4-30-22(28)18-17-19(25(23-18)14-9-7-8-13(2)12-14)21(27)24(20(17)26)15-10-5-6-11-16(15)29-3/h5-12,19,23H,4H2,1-3H3/t19-/m1/s1. The zero-order valence-corrected chi connectivity index (χ0v) is 16.8. The fourth-order valence-electron chi connectivity index (χ4n) is 3.70. The third-order valence-electron chi connectivity index (χ3n) is 5.01. The number of amides is 2. The van der Waals surface area contributed by atoms with Gasteiger partial charge in [-0.25, -0.2) is 9.69 Å². The van der Waals surface area contributed by atoms with Crippen LogP contribution in [0, 0.1) is 6.92 Å². The summed E-state index contributed by atoms with van der Waals surface area (Å²) in [5.74, 6) is -1.36. The Morgan fingerprint density at radius 3 is 2.60 bits per heavy atom. The lowest BCUT2D eigenvalue weighted by Gasteiger charge is -2.26. The zero-order valence-electron chi connectivity index (χ0n) is 16.8. The quantitative estimate of drug-likeness (QED) is 0.600. The number of carbonyl (C=O) groups is 3. The van der Waals surface area contributed by atoms with E-state index >= 15 is 0 Å². The van der Waals surface area contributed by atoms with E-state index in [-0.39, 0.29) is 17.9 Å². The molecule has 1 saturated heterocycles. The van der Waals surface area contributed by atoms with Crippen LogP contribution in [0.15, 0.2) is 59.8 Å². The van der Waals surface area contributed by atoms with Crippen LogP contribution in [0.5, 0.6) is 5.75 Å². The van der Waals surface area contributed by atoms with Gasteiger partial charge in [0.05, 0.1) is 30.7 Å². The molecule has 0 aliphatic carbocycles. The normalized spacial score (nSPS) is 17.9. The lowest BCUT2D eigenvalue weighted by atomic mass is 10.1. The molecule has 0 radical (unpaired) electrons. The molecule has 30 heavy (non-hydrogen) atoms. The maximum Gasteiger partial charge on any atom is 0.356 e. The summed E-state index contributed by atoms with van der Waals surface area (Å²) in [7, 11) is 1.47. The molecule has 0 aromatic heterocycles. The Balaban J connectivity index is 1.84. The molecule has 1 N–H and O–H groups in total. The number of nitrogens with zero attached hydrogens (tertiary/aromatic N) is 2. The van der Waals surface area contributed by atoms with E-state index in [0.717, 1.165) is 10.5 Å². The lowest BCUT2D eigenvalue weighted by molar-refractivity contribution is -0.139. The number of nitrogens with one attached hydrogen (secondary N) is 1. The van der Waals surface area contributed by atoms with Crippen molar-refractivity contribution in [3.05, 3.63) is 65.4 Å². The van der Waals surface area contributed by atoms with Gasteiger partial charge in [-0.1, -0.05) is 24.3 Å². The summed E-state index contributed by atoms with van der Waals surface area (Å²) in [6.07, 6.45) is 0. The van der Waals surface area contributed by atoms with Crippen molar-refractivity contribution in [1.29, 1.82) is 0 Å². The third kappa shape index (κ3) is 2.97. The number of hydrogen-bond acceptors (Lipinski definition) is 7.